The van der Waals surface area contributed by atoms with Crippen LogP contribution in [0.3, 0.4) is 0 Å². The Morgan fingerprint density at radius 2 is 1.53 bits per heavy atom. The van der Waals surface area contributed by atoms with E-state index in [2.05, 4.69) is 26.0 Å². The van der Waals surface area contributed by atoms with Crippen molar-refractivity contribution in [1.82, 2.24) is 21.3 Å². The van der Waals surface area contributed by atoms with E-state index in [1.165, 1.54) is 0 Å². The number of rotatable bonds is 19. The predicted molar refractivity (Wildman–Crippen MR) is 134 cm³/mol. The first-order valence-corrected chi connectivity index (χ1v) is 13.6. The fourth-order valence-electron chi connectivity index (χ4n) is 3.85. The number of thioether (sulfide) groups is 1. The van der Waals surface area contributed by atoms with Crippen LogP contribution in [0.1, 0.15) is 38.5 Å². The summed E-state index contributed by atoms with van der Waals surface area (Å²) in [6, 6.07) is 0.412. The van der Waals surface area contributed by atoms with Crippen molar-refractivity contribution in [2.45, 2.75) is 55.9 Å². The molecule has 206 valence electrons. The van der Waals surface area contributed by atoms with Gasteiger partial charge >= 0.3 is 17.9 Å². The maximum absolute atomic E-state index is 12.0. The zero-order valence-electron chi connectivity index (χ0n) is 21.0. The summed E-state index contributed by atoms with van der Waals surface area (Å²) < 4.78 is 20.6. The number of nitrogens with one attached hydrogen (secondary N) is 4. The molecule has 12 nitrogen and oxygen atoms in total. The number of amides is 4. The Hall–Kier alpha value is -2.09. The Labute approximate surface area is 216 Å². The second kappa shape index (κ2) is 18.2. The molecule has 0 bridgehead atoms. The summed E-state index contributed by atoms with van der Waals surface area (Å²) in [5.74, 6) is -0.638. The van der Waals surface area contributed by atoms with Gasteiger partial charge in [0, 0.05) is 43.7 Å². The lowest BCUT2D eigenvalue weighted by Gasteiger charge is -2.16. The number of ether oxygens (including phenoxy) is 4. The molecule has 0 aromatic heterocycles. The molecule has 0 aromatic rings. The third-order valence-corrected chi connectivity index (χ3v) is 7.24. The highest BCUT2D eigenvalue weighted by Gasteiger charge is 2.42. The molecule has 0 radical (unpaired) electrons. The molecule has 2 aliphatic rings. The van der Waals surface area contributed by atoms with E-state index in [1.54, 1.807) is 0 Å². The Morgan fingerprint density at radius 1 is 0.889 bits per heavy atom. The van der Waals surface area contributed by atoms with Crippen molar-refractivity contribution in [3.8, 4) is 0 Å². The second-order valence-corrected chi connectivity index (χ2v) is 9.78. The normalized spacial score (nSPS) is 20.4. The van der Waals surface area contributed by atoms with Crippen molar-refractivity contribution in [3.05, 3.63) is 0 Å². The first-order chi connectivity index (χ1) is 17.5. The van der Waals surface area contributed by atoms with Crippen LogP contribution in [0.15, 0.2) is 0 Å². The van der Waals surface area contributed by atoms with E-state index in [4.69, 9.17) is 14.2 Å². The molecule has 4 amide bonds. The summed E-state index contributed by atoms with van der Waals surface area (Å²) >= 11 is 1.90. The maximum Gasteiger partial charge on any atom is 0.396 e. The maximum atomic E-state index is 12.0. The van der Waals surface area contributed by atoms with Crippen LogP contribution in [-0.2, 0) is 33.3 Å². The molecule has 2 saturated heterocycles. The van der Waals surface area contributed by atoms with Gasteiger partial charge in [-0.05, 0) is 25.7 Å². The van der Waals surface area contributed by atoms with Gasteiger partial charge in [-0.3, -0.25) is 9.59 Å². The number of carbonyl (C=O) groups is 4. The summed E-state index contributed by atoms with van der Waals surface area (Å²) in [5.41, 5.74) is 0. The Kier molecular flexibility index (Phi) is 15.2. The molecule has 0 saturated carbocycles. The highest BCUT2D eigenvalue weighted by atomic mass is 32.2. The van der Waals surface area contributed by atoms with Gasteiger partial charge < -0.3 is 40.2 Å². The number of hydrogen-bond donors (Lipinski definition) is 4. The van der Waals surface area contributed by atoms with Gasteiger partial charge in [0.1, 0.15) is 0 Å². The van der Waals surface area contributed by atoms with Crippen molar-refractivity contribution >= 4 is 35.6 Å². The summed E-state index contributed by atoms with van der Waals surface area (Å²) in [6.45, 7) is 3.75. The summed E-state index contributed by atoms with van der Waals surface area (Å²) in [6.07, 6.45) is 4.70. The molecule has 2 heterocycles. The minimum absolute atomic E-state index is 0.0620. The Morgan fingerprint density at radius 3 is 2.19 bits per heavy atom. The lowest BCUT2D eigenvalue weighted by atomic mass is 10.0. The van der Waals surface area contributed by atoms with Gasteiger partial charge in [-0.25, -0.2) is 9.59 Å². The van der Waals surface area contributed by atoms with E-state index < -0.39 is 11.9 Å². The number of fused-ring (bicyclic) bond motifs is 1. The molecular weight excluding hydrogens is 492 g/mol. The fourth-order valence-corrected chi connectivity index (χ4v) is 5.39. The molecule has 2 aliphatic heterocycles. The van der Waals surface area contributed by atoms with Crippen LogP contribution in [0.5, 0.6) is 0 Å². The largest absolute Gasteiger partial charge is 0.462 e. The molecule has 4 N–H and O–H groups in total. The average Bonchev–Trinajstić information content (AvgIpc) is 3.42. The first kappa shape index (κ1) is 30.1. The third kappa shape index (κ3) is 12.2. The van der Waals surface area contributed by atoms with Crippen LogP contribution in [0.25, 0.3) is 0 Å². The molecule has 0 unspecified atom stereocenters. The number of esters is 1. The highest BCUT2D eigenvalue weighted by molar-refractivity contribution is 8.00. The van der Waals surface area contributed by atoms with Crippen molar-refractivity contribution < 1.29 is 38.1 Å². The van der Waals surface area contributed by atoms with E-state index in [-0.39, 0.29) is 24.0 Å². The standard InChI is InChI=1S/C23H40N4O8S/c1-32-22(30)21(29)25-9-5-11-34-13-15-35-14-12-33-10-4-8-24-19(28)7-3-2-6-18-20-17(16-36-18)26-23(31)27-20/h17-18,20H,2-16H2,1H3,(H,24,28)(H,25,29)(H2,26,27,31)/t17-,18-,20-/m0/s1. The smallest absolute Gasteiger partial charge is 0.396 e. The minimum Gasteiger partial charge on any atom is -0.462 e. The highest BCUT2D eigenvalue weighted by Crippen LogP contribution is 2.33. The molecule has 0 aromatic carbocycles. The van der Waals surface area contributed by atoms with E-state index in [0.29, 0.717) is 70.8 Å². The number of carbonyl (C=O) groups excluding carboxylic acids is 4. The van der Waals surface area contributed by atoms with Crippen LogP contribution in [0.2, 0.25) is 0 Å². The third-order valence-electron chi connectivity index (χ3n) is 5.73. The Balaban J connectivity index is 1.27. The molecule has 0 spiro atoms. The van der Waals surface area contributed by atoms with Crippen LogP contribution in [-0.4, -0.2) is 107 Å². The van der Waals surface area contributed by atoms with Crippen LogP contribution in [0.4, 0.5) is 4.79 Å². The van der Waals surface area contributed by atoms with Gasteiger partial charge in [0.2, 0.25) is 5.91 Å². The monoisotopic (exact) mass is 532 g/mol. The summed E-state index contributed by atoms with van der Waals surface area (Å²) in [5, 5.41) is 11.7. The number of unbranched alkanes of at least 4 members (excludes halogenated alkanes) is 1. The zero-order chi connectivity index (χ0) is 26.0. The predicted octanol–water partition coefficient (Wildman–Crippen LogP) is -0.0524. The van der Waals surface area contributed by atoms with Crippen molar-refractivity contribution in [1.29, 1.82) is 0 Å². The van der Waals surface area contributed by atoms with Crippen molar-refractivity contribution in [2.24, 2.45) is 0 Å². The quantitative estimate of drug-likeness (QED) is 0.0776. The zero-order valence-corrected chi connectivity index (χ0v) is 21.8. The minimum atomic E-state index is -0.907. The molecule has 0 aliphatic carbocycles. The Bertz CT molecular complexity index is 699. The van der Waals surface area contributed by atoms with Crippen LogP contribution < -0.4 is 21.3 Å². The van der Waals surface area contributed by atoms with Gasteiger partial charge in [-0.1, -0.05) is 6.42 Å². The lowest BCUT2D eigenvalue weighted by molar-refractivity contribution is -0.152. The second-order valence-electron chi connectivity index (χ2n) is 8.51. The SMILES string of the molecule is COC(=O)C(=O)NCCCOCCOCCOCCCNC(=O)CCCC[C@@H]1SC[C@@H]2NC(=O)N[C@@H]21. The van der Waals surface area contributed by atoms with Crippen molar-refractivity contribution in [2.75, 3.05) is 65.6 Å². The van der Waals surface area contributed by atoms with Crippen LogP contribution >= 0.6 is 11.8 Å². The molecule has 2 fully saturated rings. The molecular formula is C23H40N4O8S. The molecule has 13 heteroatoms. The average molecular weight is 533 g/mol. The number of hydrogen-bond acceptors (Lipinski definition) is 9. The van der Waals surface area contributed by atoms with Gasteiger partial charge in [0.05, 0.1) is 45.6 Å². The van der Waals surface area contributed by atoms with Gasteiger partial charge in [-0.15, -0.1) is 0 Å². The lowest BCUT2D eigenvalue weighted by Crippen LogP contribution is -2.36. The molecule has 3 atom stereocenters. The van der Waals surface area contributed by atoms with Gasteiger partial charge in [0.15, 0.2) is 0 Å². The van der Waals surface area contributed by atoms with Gasteiger partial charge in [-0.2, -0.15) is 11.8 Å². The topological polar surface area (TPSA) is 153 Å². The van der Waals surface area contributed by atoms with E-state index in [0.717, 1.165) is 38.5 Å². The number of methoxy groups -OCH3 is 1. The summed E-state index contributed by atoms with van der Waals surface area (Å²) in [4.78, 5) is 45.4. The van der Waals surface area contributed by atoms with Crippen LogP contribution in [0, 0.1) is 0 Å². The van der Waals surface area contributed by atoms with Crippen molar-refractivity contribution in [3.63, 3.8) is 0 Å². The van der Waals surface area contributed by atoms with E-state index >= 15 is 0 Å². The van der Waals surface area contributed by atoms with E-state index in [9.17, 15) is 19.2 Å². The summed E-state index contributed by atoms with van der Waals surface area (Å²) in [7, 11) is 1.16. The van der Waals surface area contributed by atoms with Gasteiger partial charge in [0.25, 0.3) is 0 Å². The first-order valence-electron chi connectivity index (χ1n) is 12.6. The molecule has 36 heavy (non-hydrogen) atoms. The molecule has 2 rings (SSSR count). The fraction of sp³-hybridized carbons (Fsp3) is 0.826. The number of urea groups is 1. The van der Waals surface area contributed by atoms with E-state index in [1.807, 2.05) is 11.8 Å².